The molecule has 0 spiro atoms. The molecule has 2 aromatic carbocycles. The standard InChI is InChI=1S/C18H19ClN2O5/c1-25-17-11-14(8-9-16(17)21(23)24)26-12-18(22)20-10-4-6-13-5-2-3-7-15(13)19/h2-3,5,7-9,11H,4,6,10,12H2,1H3,(H,20,22). The maximum Gasteiger partial charge on any atom is 0.311 e. The zero-order valence-electron chi connectivity index (χ0n) is 14.2. The number of benzene rings is 2. The van der Waals surface area contributed by atoms with E-state index in [0.29, 0.717) is 17.3 Å². The van der Waals surface area contributed by atoms with Gasteiger partial charge in [0.25, 0.3) is 5.91 Å². The van der Waals surface area contributed by atoms with Gasteiger partial charge in [0.15, 0.2) is 6.61 Å². The van der Waals surface area contributed by atoms with Crippen molar-refractivity contribution < 1.29 is 19.2 Å². The van der Waals surface area contributed by atoms with Crippen molar-refractivity contribution in [1.82, 2.24) is 5.32 Å². The molecule has 8 heteroatoms. The van der Waals surface area contributed by atoms with Crippen molar-refractivity contribution in [2.45, 2.75) is 12.8 Å². The van der Waals surface area contributed by atoms with Gasteiger partial charge < -0.3 is 14.8 Å². The Kier molecular flexibility index (Phi) is 7.23. The van der Waals surface area contributed by atoms with Gasteiger partial charge in [0.1, 0.15) is 5.75 Å². The lowest BCUT2D eigenvalue weighted by atomic mass is 10.1. The molecular weight excluding hydrogens is 360 g/mol. The molecule has 0 saturated heterocycles. The molecule has 0 radical (unpaired) electrons. The van der Waals surface area contributed by atoms with E-state index in [0.717, 1.165) is 18.4 Å². The van der Waals surface area contributed by atoms with E-state index in [-0.39, 0.29) is 24.0 Å². The predicted octanol–water partition coefficient (Wildman–Crippen LogP) is 3.38. The number of amides is 1. The fraction of sp³-hybridized carbons (Fsp3) is 0.278. The molecule has 2 aromatic rings. The highest BCUT2D eigenvalue weighted by Gasteiger charge is 2.15. The third kappa shape index (κ3) is 5.63. The zero-order chi connectivity index (χ0) is 18.9. The number of ether oxygens (including phenoxy) is 2. The van der Waals surface area contributed by atoms with Crippen molar-refractivity contribution in [3.8, 4) is 11.5 Å². The number of hydrogen-bond acceptors (Lipinski definition) is 5. The Labute approximate surface area is 156 Å². The number of hydrogen-bond donors (Lipinski definition) is 1. The summed E-state index contributed by atoms with van der Waals surface area (Å²) in [6.45, 7) is 0.310. The van der Waals surface area contributed by atoms with Crippen molar-refractivity contribution >= 4 is 23.2 Å². The van der Waals surface area contributed by atoms with Gasteiger partial charge in [-0.15, -0.1) is 0 Å². The second-order valence-corrected chi connectivity index (χ2v) is 5.83. The lowest BCUT2D eigenvalue weighted by Crippen LogP contribution is -2.29. The van der Waals surface area contributed by atoms with Crippen molar-refractivity contribution in [3.05, 3.63) is 63.2 Å². The Balaban J connectivity index is 1.75. The second kappa shape index (κ2) is 9.62. The molecule has 138 valence electrons. The molecule has 0 atom stereocenters. The first-order valence-corrected chi connectivity index (χ1v) is 8.34. The molecule has 0 bridgehead atoms. The fourth-order valence-electron chi connectivity index (χ4n) is 2.31. The van der Waals surface area contributed by atoms with E-state index in [9.17, 15) is 14.9 Å². The van der Waals surface area contributed by atoms with Crippen LogP contribution in [0.15, 0.2) is 42.5 Å². The molecule has 0 unspecified atom stereocenters. The van der Waals surface area contributed by atoms with E-state index in [4.69, 9.17) is 21.1 Å². The van der Waals surface area contributed by atoms with Crippen LogP contribution in [0.4, 0.5) is 5.69 Å². The number of rotatable bonds is 9. The van der Waals surface area contributed by atoms with Crippen LogP contribution in [0.1, 0.15) is 12.0 Å². The smallest absolute Gasteiger partial charge is 0.311 e. The lowest BCUT2D eigenvalue weighted by molar-refractivity contribution is -0.385. The van der Waals surface area contributed by atoms with E-state index >= 15 is 0 Å². The second-order valence-electron chi connectivity index (χ2n) is 5.42. The molecule has 1 amide bonds. The normalized spacial score (nSPS) is 10.2. The number of nitrogens with one attached hydrogen (secondary N) is 1. The minimum Gasteiger partial charge on any atom is -0.490 e. The third-order valence-electron chi connectivity index (χ3n) is 3.62. The molecule has 0 aromatic heterocycles. The highest BCUT2D eigenvalue weighted by Crippen LogP contribution is 2.30. The topological polar surface area (TPSA) is 90.7 Å². The number of aryl methyl sites for hydroxylation is 1. The summed E-state index contributed by atoms with van der Waals surface area (Å²) in [4.78, 5) is 22.1. The average Bonchev–Trinajstić information content (AvgIpc) is 2.64. The third-order valence-corrected chi connectivity index (χ3v) is 3.99. The SMILES string of the molecule is COc1cc(OCC(=O)NCCCc2ccccc2Cl)ccc1[N+](=O)[O-]. The minimum atomic E-state index is -0.547. The molecule has 0 heterocycles. The fourth-order valence-corrected chi connectivity index (χ4v) is 2.54. The molecule has 26 heavy (non-hydrogen) atoms. The van der Waals surface area contributed by atoms with Crippen LogP contribution >= 0.6 is 11.6 Å². The molecule has 1 N–H and O–H groups in total. The summed E-state index contributed by atoms with van der Waals surface area (Å²) in [5.41, 5.74) is 0.876. The summed E-state index contributed by atoms with van der Waals surface area (Å²) in [5, 5.41) is 14.3. The average molecular weight is 379 g/mol. The summed E-state index contributed by atoms with van der Waals surface area (Å²) >= 11 is 6.08. The number of carbonyl (C=O) groups excluding carboxylic acids is 1. The van der Waals surface area contributed by atoms with Crippen LogP contribution in [0.3, 0.4) is 0 Å². The number of carbonyl (C=O) groups is 1. The van der Waals surface area contributed by atoms with Crippen LogP contribution in [0, 0.1) is 10.1 Å². The summed E-state index contributed by atoms with van der Waals surface area (Å²) in [7, 11) is 1.33. The Morgan fingerprint density at radius 1 is 1.27 bits per heavy atom. The molecule has 7 nitrogen and oxygen atoms in total. The Morgan fingerprint density at radius 2 is 2.04 bits per heavy atom. The van der Waals surface area contributed by atoms with E-state index in [1.165, 1.54) is 25.3 Å². The minimum absolute atomic E-state index is 0.0765. The van der Waals surface area contributed by atoms with Crippen molar-refractivity contribution in [2.75, 3.05) is 20.3 Å². The first-order chi connectivity index (χ1) is 12.5. The van der Waals surface area contributed by atoms with Crippen molar-refractivity contribution in [1.29, 1.82) is 0 Å². The van der Waals surface area contributed by atoms with Gasteiger partial charge in [-0.25, -0.2) is 0 Å². The molecule has 0 aliphatic rings. The monoisotopic (exact) mass is 378 g/mol. The highest BCUT2D eigenvalue weighted by molar-refractivity contribution is 6.31. The maximum atomic E-state index is 11.8. The van der Waals surface area contributed by atoms with Crippen LogP contribution in [-0.2, 0) is 11.2 Å². The van der Waals surface area contributed by atoms with Crippen LogP contribution in [0.5, 0.6) is 11.5 Å². The molecule has 0 saturated carbocycles. The van der Waals surface area contributed by atoms with E-state index in [1.54, 1.807) is 0 Å². The highest BCUT2D eigenvalue weighted by atomic mass is 35.5. The number of nitro groups is 1. The summed E-state index contributed by atoms with van der Waals surface area (Å²) in [6.07, 6.45) is 1.52. The quantitative estimate of drug-likeness (QED) is 0.410. The van der Waals surface area contributed by atoms with Gasteiger partial charge >= 0.3 is 5.69 Å². The Hall–Kier alpha value is -2.80. The van der Waals surface area contributed by atoms with Gasteiger partial charge in [0, 0.05) is 23.7 Å². The Bertz CT molecular complexity index is 782. The van der Waals surface area contributed by atoms with E-state index in [2.05, 4.69) is 5.32 Å². The zero-order valence-corrected chi connectivity index (χ0v) is 15.0. The van der Waals surface area contributed by atoms with Crippen molar-refractivity contribution in [2.24, 2.45) is 0 Å². The van der Waals surface area contributed by atoms with E-state index < -0.39 is 4.92 Å². The first kappa shape index (κ1) is 19.5. The molecule has 0 fully saturated rings. The summed E-state index contributed by atoms with van der Waals surface area (Å²) in [6, 6.07) is 11.7. The summed E-state index contributed by atoms with van der Waals surface area (Å²) in [5.74, 6) is 0.118. The first-order valence-electron chi connectivity index (χ1n) is 7.96. The molecular formula is C18H19ClN2O5. The van der Waals surface area contributed by atoms with Gasteiger partial charge in [-0.1, -0.05) is 29.8 Å². The summed E-state index contributed by atoms with van der Waals surface area (Å²) < 4.78 is 10.3. The van der Waals surface area contributed by atoms with Gasteiger partial charge in [-0.2, -0.15) is 0 Å². The number of nitro benzene ring substituents is 1. The number of nitrogens with zero attached hydrogens (tertiary/aromatic N) is 1. The van der Waals surface area contributed by atoms with Gasteiger partial charge in [-0.05, 0) is 30.5 Å². The number of halogens is 1. The lowest BCUT2D eigenvalue weighted by Gasteiger charge is -2.09. The predicted molar refractivity (Wildman–Crippen MR) is 97.9 cm³/mol. The van der Waals surface area contributed by atoms with Crippen LogP contribution in [0.25, 0.3) is 0 Å². The van der Waals surface area contributed by atoms with Crippen LogP contribution in [0.2, 0.25) is 5.02 Å². The van der Waals surface area contributed by atoms with Crippen LogP contribution < -0.4 is 14.8 Å². The van der Waals surface area contributed by atoms with Gasteiger partial charge in [0.05, 0.1) is 12.0 Å². The van der Waals surface area contributed by atoms with Crippen LogP contribution in [-0.4, -0.2) is 31.1 Å². The molecule has 0 aliphatic carbocycles. The molecule has 2 rings (SSSR count). The molecule has 0 aliphatic heterocycles. The van der Waals surface area contributed by atoms with E-state index in [1.807, 2.05) is 24.3 Å². The number of methoxy groups -OCH3 is 1. The Morgan fingerprint density at radius 3 is 2.73 bits per heavy atom. The van der Waals surface area contributed by atoms with Gasteiger partial charge in [-0.3, -0.25) is 14.9 Å². The largest absolute Gasteiger partial charge is 0.490 e. The van der Waals surface area contributed by atoms with Crippen molar-refractivity contribution in [3.63, 3.8) is 0 Å². The van der Waals surface area contributed by atoms with Gasteiger partial charge in [0.2, 0.25) is 5.75 Å². The maximum absolute atomic E-state index is 11.8.